The van der Waals surface area contributed by atoms with Crippen LogP contribution in [0, 0.1) is 6.92 Å². The Hall–Kier alpha value is -2.67. The molecule has 3 N–H and O–H groups in total. The zero-order chi connectivity index (χ0) is 21.1. The van der Waals surface area contributed by atoms with Crippen molar-refractivity contribution in [1.29, 1.82) is 0 Å². The lowest BCUT2D eigenvalue weighted by atomic mass is 9.98. The van der Waals surface area contributed by atoms with Crippen LogP contribution in [-0.4, -0.2) is 45.9 Å². The number of aryl methyl sites for hydroxylation is 1. The van der Waals surface area contributed by atoms with Gasteiger partial charge < -0.3 is 15.7 Å². The molecule has 2 aliphatic heterocycles. The monoisotopic (exact) mass is 424 g/mol. The Balaban J connectivity index is 1.71. The lowest BCUT2D eigenvalue weighted by Crippen LogP contribution is -2.68. The van der Waals surface area contributed by atoms with Crippen LogP contribution in [0.25, 0.3) is 5.57 Å². The Labute approximate surface area is 181 Å². The lowest BCUT2D eigenvalue weighted by molar-refractivity contribution is 0.0109. The molecule has 3 heterocycles. The zero-order valence-electron chi connectivity index (χ0n) is 16.8. The number of pyridine rings is 1. The Kier molecular flexibility index (Phi) is 5.90. The first-order valence-electron chi connectivity index (χ1n) is 10.1. The third-order valence-corrected chi connectivity index (χ3v) is 5.91. The minimum atomic E-state index is -0.959. The molecule has 0 radical (unpaired) electrons. The van der Waals surface area contributed by atoms with Crippen molar-refractivity contribution in [2.45, 2.75) is 31.7 Å². The molecular formula is C23H25ClN4O2. The minimum Gasteiger partial charge on any atom is -0.393 e. The Bertz CT molecular complexity index is 966. The summed E-state index contributed by atoms with van der Waals surface area (Å²) in [5.41, 5.74) is 3.40. The number of benzene rings is 1. The zero-order valence-corrected chi connectivity index (χ0v) is 17.6. The standard InChI is InChI=1S/C23H25ClN4O2/c1-16-2-4-18(5-3-16)22(30)27-23(28-12-8-19(29)9-13-28)14-20(21(24)15-26-23)17-6-10-25-11-7-17/h2-7,10-11,14-15,19,26,29H,8-9,12-13H2,1H3,(H,27,30). The molecule has 1 saturated heterocycles. The Morgan fingerprint density at radius 2 is 1.87 bits per heavy atom. The van der Waals surface area contributed by atoms with Crippen LogP contribution in [0.4, 0.5) is 0 Å². The number of halogens is 1. The van der Waals surface area contributed by atoms with E-state index in [0.717, 1.165) is 16.7 Å². The molecule has 7 heteroatoms. The summed E-state index contributed by atoms with van der Waals surface area (Å²) in [7, 11) is 0. The van der Waals surface area contributed by atoms with Crippen LogP contribution in [0.5, 0.6) is 0 Å². The molecule has 0 saturated carbocycles. The summed E-state index contributed by atoms with van der Waals surface area (Å²) in [6.07, 6.45) is 8.06. The number of allylic oxidation sites excluding steroid dienone is 2. The molecule has 0 spiro atoms. The summed E-state index contributed by atoms with van der Waals surface area (Å²) >= 11 is 6.52. The van der Waals surface area contributed by atoms with Crippen molar-refractivity contribution in [2.75, 3.05) is 13.1 Å². The second-order valence-electron chi connectivity index (χ2n) is 7.74. The number of likely N-dealkylation sites (tertiary alicyclic amines) is 1. The van der Waals surface area contributed by atoms with Gasteiger partial charge in [0.25, 0.3) is 5.91 Å². The summed E-state index contributed by atoms with van der Waals surface area (Å²) in [4.78, 5) is 19.4. The van der Waals surface area contributed by atoms with Crippen LogP contribution in [0.1, 0.15) is 34.3 Å². The van der Waals surface area contributed by atoms with Crippen molar-refractivity contribution in [2.24, 2.45) is 0 Å². The van der Waals surface area contributed by atoms with Gasteiger partial charge in [-0.25, -0.2) is 0 Å². The number of aliphatic hydroxyl groups is 1. The number of carbonyl (C=O) groups excluding carboxylic acids is 1. The second kappa shape index (κ2) is 8.60. The predicted molar refractivity (Wildman–Crippen MR) is 117 cm³/mol. The Morgan fingerprint density at radius 3 is 2.53 bits per heavy atom. The van der Waals surface area contributed by atoms with Crippen LogP contribution in [0.3, 0.4) is 0 Å². The van der Waals surface area contributed by atoms with Gasteiger partial charge in [-0.2, -0.15) is 0 Å². The van der Waals surface area contributed by atoms with Crippen LogP contribution in [0.2, 0.25) is 0 Å². The number of aliphatic hydroxyl groups excluding tert-OH is 1. The van der Waals surface area contributed by atoms with Gasteiger partial charge in [0, 0.05) is 42.8 Å². The van der Waals surface area contributed by atoms with Gasteiger partial charge in [-0.05, 0) is 55.7 Å². The number of nitrogens with zero attached hydrogens (tertiary/aromatic N) is 2. The molecule has 6 nitrogen and oxygen atoms in total. The molecule has 156 valence electrons. The van der Waals surface area contributed by atoms with Crippen molar-refractivity contribution in [1.82, 2.24) is 20.5 Å². The van der Waals surface area contributed by atoms with E-state index in [-0.39, 0.29) is 12.0 Å². The quantitative estimate of drug-likeness (QED) is 0.703. The van der Waals surface area contributed by atoms with Gasteiger partial charge in [-0.3, -0.25) is 14.7 Å². The lowest BCUT2D eigenvalue weighted by Gasteiger charge is -2.46. The maximum absolute atomic E-state index is 13.1. The van der Waals surface area contributed by atoms with Crippen molar-refractivity contribution in [3.8, 4) is 0 Å². The van der Waals surface area contributed by atoms with Gasteiger partial charge in [-0.15, -0.1) is 0 Å². The maximum Gasteiger partial charge on any atom is 0.254 e. The van der Waals surface area contributed by atoms with E-state index in [9.17, 15) is 9.90 Å². The largest absolute Gasteiger partial charge is 0.393 e. The molecule has 4 rings (SSSR count). The highest BCUT2D eigenvalue weighted by Crippen LogP contribution is 2.33. The minimum absolute atomic E-state index is 0.189. The number of nitrogens with one attached hydrogen (secondary N) is 2. The predicted octanol–water partition coefficient (Wildman–Crippen LogP) is 3.00. The number of piperidine rings is 1. The molecule has 1 atom stereocenters. The number of hydrogen-bond donors (Lipinski definition) is 3. The smallest absolute Gasteiger partial charge is 0.254 e. The third-order valence-electron chi connectivity index (χ3n) is 5.60. The highest BCUT2D eigenvalue weighted by Gasteiger charge is 2.40. The first-order valence-corrected chi connectivity index (χ1v) is 10.4. The van der Waals surface area contributed by atoms with E-state index < -0.39 is 5.79 Å². The van der Waals surface area contributed by atoms with E-state index in [1.807, 2.05) is 49.4 Å². The third kappa shape index (κ3) is 4.26. The highest BCUT2D eigenvalue weighted by atomic mass is 35.5. The number of dihydropyridines is 1. The molecule has 1 aromatic carbocycles. The normalized spacial score (nSPS) is 22.6. The second-order valence-corrected chi connectivity index (χ2v) is 8.14. The van der Waals surface area contributed by atoms with E-state index in [0.29, 0.717) is 36.5 Å². The molecule has 2 aliphatic rings. The van der Waals surface area contributed by atoms with E-state index in [1.165, 1.54) is 0 Å². The number of carbonyl (C=O) groups is 1. The van der Waals surface area contributed by atoms with Gasteiger partial charge >= 0.3 is 0 Å². The van der Waals surface area contributed by atoms with Crippen molar-refractivity contribution in [3.05, 3.63) is 82.8 Å². The molecule has 1 aromatic heterocycles. The fourth-order valence-corrected chi connectivity index (χ4v) is 4.04. The molecule has 1 unspecified atom stereocenters. The summed E-state index contributed by atoms with van der Waals surface area (Å²) in [5.74, 6) is -1.15. The summed E-state index contributed by atoms with van der Waals surface area (Å²) in [6.45, 7) is 3.25. The molecule has 1 fully saturated rings. The average molecular weight is 425 g/mol. The molecule has 30 heavy (non-hydrogen) atoms. The molecule has 0 aliphatic carbocycles. The summed E-state index contributed by atoms with van der Waals surface area (Å²) in [5, 5.41) is 17.0. The SMILES string of the molecule is Cc1ccc(C(=O)NC2(N3CCC(O)CC3)C=C(c3ccncc3)C(Cl)=CN2)cc1. The van der Waals surface area contributed by atoms with Gasteiger partial charge in [0.1, 0.15) is 0 Å². The van der Waals surface area contributed by atoms with Crippen molar-refractivity contribution in [3.63, 3.8) is 0 Å². The van der Waals surface area contributed by atoms with Crippen LogP contribution in [0.15, 0.2) is 66.1 Å². The molecule has 1 amide bonds. The number of rotatable bonds is 4. The number of aromatic nitrogens is 1. The van der Waals surface area contributed by atoms with Crippen LogP contribution >= 0.6 is 11.6 Å². The van der Waals surface area contributed by atoms with Crippen molar-refractivity contribution >= 4 is 23.1 Å². The van der Waals surface area contributed by atoms with E-state index in [1.54, 1.807) is 18.6 Å². The van der Waals surface area contributed by atoms with Crippen LogP contribution < -0.4 is 10.6 Å². The fraction of sp³-hybridized carbons (Fsp3) is 0.304. The molecular weight excluding hydrogens is 400 g/mol. The van der Waals surface area contributed by atoms with E-state index >= 15 is 0 Å². The first-order chi connectivity index (χ1) is 14.5. The maximum atomic E-state index is 13.1. The first kappa shape index (κ1) is 20.6. The van der Waals surface area contributed by atoms with Crippen LogP contribution in [-0.2, 0) is 0 Å². The van der Waals surface area contributed by atoms with E-state index in [2.05, 4.69) is 20.5 Å². The van der Waals surface area contributed by atoms with Gasteiger partial charge in [0.2, 0.25) is 0 Å². The van der Waals surface area contributed by atoms with Gasteiger partial charge in [0.05, 0.1) is 11.1 Å². The number of amides is 1. The van der Waals surface area contributed by atoms with Gasteiger partial charge in [0.15, 0.2) is 5.79 Å². The summed E-state index contributed by atoms with van der Waals surface area (Å²) < 4.78 is 0. The topological polar surface area (TPSA) is 77.5 Å². The molecule has 2 aromatic rings. The van der Waals surface area contributed by atoms with Crippen molar-refractivity contribution < 1.29 is 9.90 Å². The van der Waals surface area contributed by atoms with E-state index in [4.69, 9.17) is 11.6 Å². The fourth-order valence-electron chi connectivity index (χ4n) is 3.83. The molecule has 0 bridgehead atoms. The average Bonchev–Trinajstić information content (AvgIpc) is 2.77. The highest BCUT2D eigenvalue weighted by molar-refractivity contribution is 6.37. The Morgan fingerprint density at radius 1 is 1.20 bits per heavy atom. The van der Waals surface area contributed by atoms with Gasteiger partial charge in [-0.1, -0.05) is 29.3 Å². The number of hydrogen-bond acceptors (Lipinski definition) is 5. The summed E-state index contributed by atoms with van der Waals surface area (Å²) in [6, 6.07) is 11.2.